The third kappa shape index (κ3) is 2.50. The molecule has 1 heterocycles. The van der Waals surface area contributed by atoms with E-state index in [2.05, 4.69) is 4.74 Å². The maximum absolute atomic E-state index is 10.5. The van der Waals surface area contributed by atoms with Crippen molar-refractivity contribution in [2.24, 2.45) is 0 Å². The summed E-state index contributed by atoms with van der Waals surface area (Å²) in [5.41, 5.74) is 0. The zero-order chi connectivity index (χ0) is 8.97. The Kier molecular flexibility index (Phi) is 3.04. The molecular weight excluding hydrogens is 164 g/mol. The molecule has 1 rings (SSSR count). The van der Waals surface area contributed by atoms with Crippen LogP contribution in [0.4, 0.5) is 0 Å². The smallest absolute Gasteiger partial charge is 0.419 e. The highest BCUT2D eigenvalue weighted by Crippen LogP contribution is 2.13. The number of rotatable bonds is 1. The second kappa shape index (κ2) is 4.06. The standard InChI is InChI=1S/C7H10O5/c8-6(9)7(10)12-5-3-1-2-4-11-5/h5H,1-4H2,(H,8,9). The van der Waals surface area contributed by atoms with Crippen LogP contribution in [0.1, 0.15) is 19.3 Å². The van der Waals surface area contributed by atoms with Gasteiger partial charge in [0, 0.05) is 6.42 Å². The van der Waals surface area contributed by atoms with Crippen LogP contribution in [-0.2, 0) is 19.1 Å². The van der Waals surface area contributed by atoms with Crippen molar-refractivity contribution < 1.29 is 24.2 Å². The van der Waals surface area contributed by atoms with Crippen molar-refractivity contribution in [2.75, 3.05) is 6.61 Å². The van der Waals surface area contributed by atoms with E-state index in [1.54, 1.807) is 0 Å². The lowest BCUT2D eigenvalue weighted by Crippen LogP contribution is -2.28. The van der Waals surface area contributed by atoms with E-state index in [0.717, 1.165) is 12.8 Å². The van der Waals surface area contributed by atoms with Crippen LogP contribution in [0.5, 0.6) is 0 Å². The van der Waals surface area contributed by atoms with Gasteiger partial charge in [0.15, 0.2) is 0 Å². The molecule has 1 unspecified atom stereocenters. The number of hydrogen-bond acceptors (Lipinski definition) is 4. The molecule has 1 aliphatic rings. The number of ether oxygens (including phenoxy) is 2. The molecule has 1 saturated heterocycles. The quantitative estimate of drug-likeness (QED) is 0.452. The first-order valence-corrected chi connectivity index (χ1v) is 3.75. The predicted octanol–water partition coefficient (Wildman–Crippen LogP) is 0.141. The largest absolute Gasteiger partial charge is 0.473 e. The molecule has 68 valence electrons. The summed E-state index contributed by atoms with van der Waals surface area (Å²) in [7, 11) is 0. The van der Waals surface area contributed by atoms with Gasteiger partial charge in [-0.25, -0.2) is 9.59 Å². The maximum Gasteiger partial charge on any atom is 0.419 e. The normalized spacial score (nSPS) is 23.2. The van der Waals surface area contributed by atoms with E-state index in [0.29, 0.717) is 13.0 Å². The van der Waals surface area contributed by atoms with Crippen LogP contribution >= 0.6 is 0 Å². The first-order chi connectivity index (χ1) is 5.70. The fourth-order valence-corrected chi connectivity index (χ4v) is 0.974. The first-order valence-electron chi connectivity index (χ1n) is 3.75. The van der Waals surface area contributed by atoms with Crippen LogP contribution in [0.3, 0.4) is 0 Å². The average molecular weight is 174 g/mol. The number of esters is 1. The van der Waals surface area contributed by atoms with Gasteiger partial charge in [-0.1, -0.05) is 0 Å². The summed E-state index contributed by atoms with van der Waals surface area (Å²) in [6.07, 6.45) is 1.75. The van der Waals surface area contributed by atoms with Gasteiger partial charge in [-0.15, -0.1) is 0 Å². The van der Waals surface area contributed by atoms with E-state index in [4.69, 9.17) is 9.84 Å². The number of carbonyl (C=O) groups excluding carboxylic acids is 1. The lowest BCUT2D eigenvalue weighted by molar-refractivity contribution is -0.193. The molecule has 1 fully saturated rings. The Labute approximate surface area is 69.3 Å². The highest BCUT2D eigenvalue weighted by Gasteiger charge is 2.22. The van der Waals surface area contributed by atoms with Crippen molar-refractivity contribution in [3.05, 3.63) is 0 Å². The minimum absolute atomic E-state index is 0.525. The lowest BCUT2D eigenvalue weighted by Gasteiger charge is -2.21. The second-order valence-electron chi connectivity index (χ2n) is 2.51. The van der Waals surface area contributed by atoms with E-state index >= 15 is 0 Å². The van der Waals surface area contributed by atoms with Gasteiger partial charge in [0.25, 0.3) is 0 Å². The van der Waals surface area contributed by atoms with Crippen molar-refractivity contribution in [3.8, 4) is 0 Å². The Hall–Kier alpha value is -1.10. The van der Waals surface area contributed by atoms with Gasteiger partial charge in [0.2, 0.25) is 6.29 Å². The molecule has 0 aromatic rings. The van der Waals surface area contributed by atoms with E-state index in [-0.39, 0.29) is 0 Å². The summed E-state index contributed by atoms with van der Waals surface area (Å²) < 4.78 is 9.48. The van der Waals surface area contributed by atoms with Gasteiger partial charge in [0.05, 0.1) is 6.61 Å². The van der Waals surface area contributed by atoms with Crippen LogP contribution in [0, 0.1) is 0 Å². The zero-order valence-corrected chi connectivity index (χ0v) is 6.49. The number of carboxylic acids is 1. The summed E-state index contributed by atoms with van der Waals surface area (Å²) in [5.74, 6) is -2.83. The number of carboxylic acid groups (broad SMARTS) is 1. The van der Waals surface area contributed by atoms with Gasteiger partial charge in [-0.3, -0.25) is 0 Å². The van der Waals surface area contributed by atoms with Crippen molar-refractivity contribution in [3.63, 3.8) is 0 Å². The highest BCUT2D eigenvalue weighted by molar-refractivity contribution is 6.28. The monoisotopic (exact) mass is 174 g/mol. The fourth-order valence-electron chi connectivity index (χ4n) is 0.974. The van der Waals surface area contributed by atoms with Crippen LogP contribution in [0.25, 0.3) is 0 Å². The molecule has 0 saturated carbocycles. The van der Waals surface area contributed by atoms with Gasteiger partial charge < -0.3 is 14.6 Å². The molecule has 0 bridgehead atoms. The second-order valence-corrected chi connectivity index (χ2v) is 2.51. The van der Waals surface area contributed by atoms with Gasteiger partial charge in [-0.2, -0.15) is 0 Å². The third-order valence-corrected chi connectivity index (χ3v) is 1.55. The molecule has 0 aliphatic carbocycles. The molecule has 0 aromatic heterocycles. The Bertz CT molecular complexity index is 182. The van der Waals surface area contributed by atoms with Gasteiger partial charge in [-0.05, 0) is 12.8 Å². The van der Waals surface area contributed by atoms with Crippen molar-refractivity contribution >= 4 is 11.9 Å². The Morgan fingerprint density at radius 1 is 1.42 bits per heavy atom. The molecule has 1 atom stereocenters. The number of aliphatic carboxylic acids is 1. The minimum Gasteiger partial charge on any atom is -0.473 e. The third-order valence-electron chi connectivity index (χ3n) is 1.55. The topological polar surface area (TPSA) is 72.8 Å². The predicted molar refractivity (Wildman–Crippen MR) is 37.3 cm³/mol. The van der Waals surface area contributed by atoms with Crippen molar-refractivity contribution in [2.45, 2.75) is 25.6 Å². The molecule has 1 aliphatic heterocycles. The molecule has 0 spiro atoms. The zero-order valence-electron chi connectivity index (χ0n) is 6.49. The summed E-state index contributed by atoms with van der Waals surface area (Å²) in [6, 6.07) is 0. The van der Waals surface area contributed by atoms with Crippen LogP contribution in [0.2, 0.25) is 0 Å². The Morgan fingerprint density at radius 3 is 2.67 bits per heavy atom. The van der Waals surface area contributed by atoms with E-state index in [1.165, 1.54) is 0 Å². The minimum atomic E-state index is -1.58. The van der Waals surface area contributed by atoms with E-state index < -0.39 is 18.2 Å². The molecule has 0 amide bonds. The lowest BCUT2D eigenvalue weighted by atomic mass is 10.2. The molecule has 0 aromatic carbocycles. The number of carbonyl (C=O) groups is 2. The fraction of sp³-hybridized carbons (Fsp3) is 0.714. The van der Waals surface area contributed by atoms with E-state index in [9.17, 15) is 9.59 Å². The van der Waals surface area contributed by atoms with Crippen LogP contribution in [0.15, 0.2) is 0 Å². The average Bonchev–Trinajstić information content (AvgIpc) is 2.06. The number of hydrogen-bond donors (Lipinski definition) is 1. The Balaban J connectivity index is 2.29. The summed E-state index contributed by atoms with van der Waals surface area (Å²) in [6.45, 7) is 0.525. The first kappa shape index (κ1) is 8.99. The molecule has 0 radical (unpaired) electrons. The van der Waals surface area contributed by atoms with Crippen LogP contribution < -0.4 is 0 Å². The van der Waals surface area contributed by atoms with Crippen molar-refractivity contribution in [1.82, 2.24) is 0 Å². The molecule has 12 heavy (non-hydrogen) atoms. The molecule has 5 nitrogen and oxygen atoms in total. The highest BCUT2D eigenvalue weighted by atomic mass is 16.7. The van der Waals surface area contributed by atoms with Crippen molar-refractivity contribution in [1.29, 1.82) is 0 Å². The van der Waals surface area contributed by atoms with Gasteiger partial charge in [0.1, 0.15) is 0 Å². The van der Waals surface area contributed by atoms with Gasteiger partial charge >= 0.3 is 11.9 Å². The summed E-state index contributed by atoms with van der Waals surface area (Å²) in [5, 5.41) is 8.18. The molecule has 5 heteroatoms. The molecule has 1 N–H and O–H groups in total. The Morgan fingerprint density at radius 2 is 2.17 bits per heavy atom. The van der Waals surface area contributed by atoms with Crippen LogP contribution in [-0.4, -0.2) is 29.9 Å². The van der Waals surface area contributed by atoms with E-state index in [1.807, 2.05) is 0 Å². The maximum atomic E-state index is 10.5. The SMILES string of the molecule is O=C(O)C(=O)OC1CCCCO1. The summed E-state index contributed by atoms with van der Waals surface area (Å²) >= 11 is 0. The summed E-state index contributed by atoms with van der Waals surface area (Å²) in [4.78, 5) is 20.6. The molecular formula is C7H10O5.